The number of hydrogen-bond donors (Lipinski definition) is 0. The van der Waals surface area contributed by atoms with Gasteiger partial charge in [0.15, 0.2) is 0 Å². The first-order valence-electron chi connectivity index (χ1n) is 5.76. The summed E-state index contributed by atoms with van der Waals surface area (Å²) in [4.78, 5) is 24.0. The van der Waals surface area contributed by atoms with Gasteiger partial charge < -0.3 is 13.9 Å². The fraction of sp³-hybridized carbons (Fsp3) is 0.636. The van der Waals surface area contributed by atoms with Crippen molar-refractivity contribution in [3.05, 3.63) is 11.8 Å². The van der Waals surface area contributed by atoms with Crippen molar-refractivity contribution in [1.29, 1.82) is 0 Å². The molecule has 0 bridgehead atoms. The van der Waals surface area contributed by atoms with Crippen molar-refractivity contribution in [2.24, 2.45) is 0 Å². The molecule has 0 amide bonds. The Hall–Kier alpha value is -1.96. The summed E-state index contributed by atoms with van der Waals surface area (Å²) in [5.41, 5.74) is 0. The third-order valence-corrected chi connectivity index (χ3v) is 2.33. The summed E-state index contributed by atoms with van der Waals surface area (Å²) in [6, 6.07) is 0. The van der Waals surface area contributed by atoms with Crippen molar-refractivity contribution >= 4 is 11.9 Å². The fourth-order valence-corrected chi connectivity index (χ4v) is 1.35. The Morgan fingerprint density at radius 1 is 1.11 bits per heavy atom. The number of aryl methyl sites for hydroxylation is 1. The second-order valence-corrected chi connectivity index (χ2v) is 3.74. The SMILES string of the molecule is CCc1nnc(CN(CC(=O)OC)CC(=O)OC)o1. The van der Waals surface area contributed by atoms with Crippen molar-refractivity contribution in [3.8, 4) is 0 Å². The van der Waals surface area contributed by atoms with E-state index in [1.807, 2.05) is 6.92 Å². The number of ether oxygens (including phenoxy) is 2. The molecule has 1 rings (SSSR count). The van der Waals surface area contributed by atoms with Crippen molar-refractivity contribution in [2.45, 2.75) is 19.9 Å². The van der Waals surface area contributed by atoms with Crippen LogP contribution in [0.25, 0.3) is 0 Å². The van der Waals surface area contributed by atoms with Crippen LogP contribution in [0.4, 0.5) is 0 Å². The molecule has 0 saturated carbocycles. The molecule has 0 unspecified atom stereocenters. The van der Waals surface area contributed by atoms with Crippen LogP contribution >= 0.6 is 0 Å². The molecule has 8 nitrogen and oxygen atoms in total. The van der Waals surface area contributed by atoms with Crippen molar-refractivity contribution in [3.63, 3.8) is 0 Å². The lowest BCUT2D eigenvalue weighted by Crippen LogP contribution is -2.35. The van der Waals surface area contributed by atoms with Crippen LogP contribution in [0.15, 0.2) is 4.42 Å². The fourth-order valence-electron chi connectivity index (χ4n) is 1.35. The number of hydrogen-bond acceptors (Lipinski definition) is 8. The van der Waals surface area contributed by atoms with Crippen LogP contribution in [0.2, 0.25) is 0 Å². The van der Waals surface area contributed by atoms with Gasteiger partial charge in [-0.3, -0.25) is 14.5 Å². The highest BCUT2D eigenvalue weighted by molar-refractivity contribution is 5.74. The maximum Gasteiger partial charge on any atom is 0.319 e. The van der Waals surface area contributed by atoms with Crippen LogP contribution < -0.4 is 0 Å². The van der Waals surface area contributed by atoms with Crippen LogP contribution in [0, 0.1) is 0 Å². The maximum atomic E-state index is 11.3. The van der Waals surface area contributed by atoms with E-state index in [2.05, 4.69) is 19.7 Å². The summed E-state index contributed by atoms with van der Waals surface area (Å²) in [5.74, 6) is -0.0750. The predicted molar refractivity (Wildman–Crippen MR) is 63.0 cm³/mol. The quantitative estimate of drug-likeness (QED) is 0.628. The number of methoxy groups -OCH3 is 2. The number of esters is 2. The number of rotatable bonds is 7. The first kappa shape index (κ1) is 15.1. The molecule has 0 aliphatic heterocycles. The third kappa shape index (κ3) is 5.04. The number of nitrogens with zero attached hydrogens (tertiary/aromatic N) is 3. The van der Waals surface area contributed by atoms with Gasteiger partial charge in [0.25, 0.3) is 0 Å². The van der Waals surface area contributed by atoms with E-state index in [0.717, 1.165) is 0 Å². The summed E-state index contributed by atoms with van der Waals surface area (Å²) < 4.78 is 14.4. The first-order valence-corrected chi connectivity index (χ1v) is 5.76. The molecule has 0 spiro atoms. The van der Waals surface area contributed by atoms with Gasteiger partial charge in [0.1, 0.15) is 0 Å². The van der Waals surface area contributed by atoms with E-state index in [1.165, 1.54) is 19.1 Å². The molecule has 19 heavy (non-hydrogen) atoms. The van der Waals surface area contributed by atoms with Crippen molar-refractivity contribution in [1.82, 2.24) is 15.1 Å². The lowest BCUT2D eigenvalue weighted by atomic mass is 10.4. The smallest absolute Gasteiger partial charge is 0.319 e. The van der Waals surface area contributed by atoms with E-state index in [-0.39, 0.29) is 19.6 Å². The minimum Gasteiger partial charge on any atom is -0.468 e. The Morgan fingerprint density at radius 2 is 1.63 bits per heavy atom. The van der Waals surface area contributed by atoms with Gasteiger partial charge in [0.2, 0.25) is 11.8 Å². The van der Waals surface area contributed by atoms with E-state index in [1.54, 1.807) is 0 Å². The average Bonchev–Trinajstić information content (AvgIpc) is 2.85. The van der Waals surface area contributed by atoms with Gasteiger partial charge in [-0.2, -0.15) is 0 Å². The Kier molecular flexibility index (Phi) is 5.94. The zero-order valence-corrected chi connectivity index (χ0v) is 11.2. The molecule has 0 aromatic carbocycles. The molecule has 0 saturated heterocycles. The lowest BCUT2D eigenvalue weighted by Gasteiger charge is -2.17. The van der Waals surface area contributed by atoms with Gasteiger partial charge >= 0.3 is 11.9 Å². The van der Waals surface area contributed by atoms with Gasteiger partial charge in [0.05, 0.1) is 33.9 Å². The first-order chi connectivity index (χ1) is 9.08. The predicted octanol–water partition coefficient (Wildman–Crippen LogP) is -0.220. The highest BCUT2D eigenvalue weighted by Crippen LogP contribution is 2.05. The van der Waals surface area contributed by atoms with Crippen LogP contribution in [0.5, 0.6) is 0 Å². The van der Waals surface area contributed by atoms with E-state index in [9.17, 15) is 9.59 Å². The maximum absolute atomic E-state index is 11.3. The van der Waals surface area contributed by atoms with Gasteiger partial charge in [-0.25, -0.2) is 0 Å². The summed E-state index contributed by atoms with van der Waals surface area (Å²) in [5, 5.41) is 7.64. The monoisotopic (exact) mass is 271 g/mol. The van der Waals surface area contributed by atoms with E-state index in [0.29, 0.717) is 18.2 Å². The van der Waals surface area contributed by atoms with Gasteiger partial charge in [-0.1, -0.05) is 6.92 Å². The number of carbonyl (C=O) groups excluding carboxylic acids is 2. The molecule has 0 fully saturated rings. The normalized spacial score (nSPS) is 10.5. The molecule has 0 atom stereocenters. The van der Waals surface area contributed by atoms with E-state index < -0.39 is 11.9 Å². The Morgan fingerprint density at radius 3 is 2.05 bits per heavy atom. The van der Waals surface area contributed by atoms with Crippen LogP contribution in [-0.4, -0.2) is 54.3 Å². The molecule has 1 heterocycles. The molecule has 1 aromatic heterocycles. The zero-order valence-electron chi connectivity index (χ0n) is 11.2. The summed E-state index contributed by atoms with van der Waals surface area (Å²) in [6.45, 7) is 1.94. The molecule has 0 radical (unpaired) electrons. The largest absolute Gasteiger partial charge is 0.468 e. The second-order valence-electron chi connectivity index (χ2n) is 3.74. The summed E-state index contributed by atoms with van der Waals surface area (Å²) >= 11 is 0. The van der Waals surface area contributed by atoms with E-state index in [4.69, 9.17) is 4.42 Å². The van der Waals surface area contributed by atoms with E-state index >= 15 is 0 Å². The minimum atomic E-state index is -0.459. The second kappa shape index (κ2) is 7.47. The molecule has 0 aliphatic carbocycles. The van der Waals surface area contributed by atoms with Gasteiger partial charge in [-0.15, -0.1) is 10.2 Å². The zero-order chi connectivity index (χ0) is 14.3. The van der Waals surface area contributed by atoms with Crippen LogP contribution in [0.1, 0.15) is 18.7 Å². The third-order valence-electron chi connectivity index (χ3n) is 2.33. The average molecular weight is 271 g/mol. The molecule has 8 heteroatoms. The van der Waals surface area contributed by atoms with Gasteiger partial charge in [0, 0.05) is 6.42 Å². The topological polar surface area (TPSA) is 94.8 Å². The highest BCUT2D eigenvalue weighted by Gasteiger charge is 2.18. The number of aromatic nitrogens is 2. The Labute approximate surface area is 110 Å². The molecular formula is C11H17N3O5. The molecular weight excluding hydrogens is 254 g/mol. The molecule has 0 N–H and O–H groups in total. The van der Waals surface area contributed by atoms with Gasteiger partial charge in [-0.05, 0) is 0 Å². The van der Waals surface area contributed by atoms with Crippen molar-refractivity contribution in [2.75, 3.05) is 27.3 Å². The standard InChI is InChI=1S/C11H17N3O5/c1-4-8-12-13-9(19-8)5-14(6-10(15)17-2)7-11(16)18-3/h4-7H2,1-3H3. The van der Waals surface area contributed by atoms with Crippen LogP contribution in [-0.2, 0) is 32.0 Å². The molecule has 1 aromatic rings. The molecule has 0 aliphatic rings. The highest BCUT2D eigenvalue weighted by atomic mass is 16.5. The summed E-state index contributed by atoms with van der Waals surface area (Å²) in [7, 11) is 2.56. The van der Waals surface area contributed by atoms with Crippen molar-refractivity contribution < 1.29 is 23.5 Å². The Bertz CT molecular complexity index is 414. The lowest BCUT2D eigenvalue weighted by molar-refractivity contribution is -0.145. The molecule has 106 valence electrons. The van der Waals surface area contributed by atoms with Crippen LogP contribution in [0.3, 0.4) is 0 Å². The Balaban J connectivity index is 2.66. The minimum absolute atomic E-state index is 0.0601. The number of carbonyl (C=O) groups is 2. The summed E-state index contributed by atoms with van der Waals surface area (Å²) in [6.07, 6.45) is 0.626.